The van der Waals surface area contributed by atoms with Crippen LogP contribution < -0.4 is 10.6 Å². The van der Waals surface area contributed by atoms with Crippen LogP contribution >= 0.6 is 0 Å². The fraction of sp³-hybridized carbons (Fsp3) is 0.455. The third kappa shape index (κ3) is 2.94. The van der Waals surface area contributed by atoms with Crippen molar-refractivity contribution in [2.75, 3.05) is 5.32 Å². The summed E-state index contributed by atoms with van der Waals surface area (Å²) in [6.45, 7) is 0. The summed E-state index contributed by atoms with van der Waals surface area (Å²) in [5.74, 6) is 0.591. The maximum Gasteiger partial charge on any atom is 0.320 e. The number of nitrogens with one attached hydrogen (secondary N) is 2. The lowest BCUT2D eigenvalue weighted by Gasteiger charge is -2.12. The zero-order chi connectivity index (χ0) is 10.5. The normalized spacial score (nSPS) is 16.3. The smallest absolute Gasteiger partial charge is 0.320 e. The van der Waals surface area contributed by atoms with Gasteiger partial charge in [-0.25, -0.2) is 9.78 Å². The standard InChI is InChI=1S/C11H15N3O/c15-11(13-9-5-1-2-6-9)14-10-7-3-4-8-12-10/h3-4,7-9H,1-2,5-6H2,(H2,12,13,14,15). The molecule has 0 saturated heterocycles. The predicted octanol–water partition coefficient (Wildman–Crippen LogP) is 2.15. The number of rotatable bonds is 2. The van der Waals surface area contributed by atoms with Crippen molar-refractivity contribution >= 4 is 11.8 Å². The first-order chi connectivity index (χ1) is 7.34. The van der Waals surface area contributed by atoms with Gasteiger partial charge < -0.3 is 5.32 Å². The topological polar surface area (TPSA) is 54.0 Å². The summed E-state index contributed by atoms with van der Waals surface area (Å²) in [7, 11) is 0. The maximum absolute atomic E-state index is 11.5. The number of hydrogen-bond acceptors (Lipinski definition) is 2. The zero-order valence-electron chi connectivity index (χ0n) is 8.57. The average Bonchev–Trinajstić information content (AvgIpc) is 2.71. The summed E-state index contributed by atoms with van der Waals surface area (Å²) in [5, 5.41) is 5.64. The highest BCUT2D eigenvalue weighted by atomic mass is 16.2. The Labute approximate surface area is 89.1 Å². The van der Waals surface area contributed by atoms with E-state index in [0.717, 1.165) is 12.8 Å². The van der Waals surface area contributed by atoms with Crippen molar-refractivity contribution in [2.45, 2.75) is 31.7 Å². The van der Waals surface area contributed by atoms with E-state index in [1.807, 2.05) is 12.1 Å². The Morgan fingerprint density at radius 1 is 1.33 bits per heavy atom. The number of hydrogen-bond donors (Lipinski definition) is 2. The molecule has 0 atom stereocenters. The highest BCUT2D eigenvalue weighted by molar-refractivity contribution is 5.88. The van der Waals surface area contributed by atoms with Gasteiger partial charge in [0.15, 0.2) is 0 Å². The van der Waals surface area contributed by atoms with E-state index < -0.39 is 0 Å². The quantitative estimate of drug-likeness (QED) is 0.777. The first kappa shape index (κ1) is 9.96. The zero-order valence-corrected chi connectivity index (χ0v) is 8.57. The third-order valence-corrected chi connectivity index (χ3v) is 2.60. The maximum atomic E-state index is 11.5. The molecule has 0 aromatic carbocycles. The minimum absolute atomic E-state index is 0.152. The Kier molecular flexibility index (Phi) is 3.17. The Morgan fingerprint density at radius 3 is 2.80 bits per heavy atom. The van der Waals surface area contributed by atoms with Gasteiger partial charge in [0.1, 0.15) is 5.82 Å². The highest BCUT2D eigenvalue weighted by Crippen LogP contribution is 2.17. The van der Waals surface area contributed by atoms with Gasteiger partial charge in [0.05, 0.1) is 0 Å². The highest BCUT2D eigenvalue weighted by Gasteiger charge is 2.16. The van der Waals surface area contributed by atoms with Crippen LogP contribution in [0.3, 0.4) is 0 Å². The molecule has 0 unspecified atom stereocenters. The molecule has 15 heavy (non-hydrogen) atoms. The van der Waals surface area contributed by atoms with Crippen molar-refractivity contribution in [3.8, 4) is 0 Å². The van der Waals surface area contributed by atoms with E-state index in [0.29, 0.717) is 11.9 Å². The molecule has 1 aromatic heterocycles. The molecule has 0 spiro atoms. The summed E-state index contributed by atoms with van der Waals surface area (Å²) in [5.41, 5.74) is 0. The molecular formula is C11H15N3O. The second-order valence-corrected chi connectivity index (χ2v) is 3.79. The molecule has 4 heteroatoms. The van der Waals surface area contributed by atoms with Gasteiger partial charge in [-0.3, -0.25) is 5.32 Å². The largest absolute Gasteiger partial charge is 0.335 e. The number of nitrogens with zero attached hydrogens (tertiary/aromatic N) is 1. The Bertz CT molecular complexity index is 320. The summed E-state index contributed by atoms with van der Waals surface area (Å²) < 4.78 is 0. The van der Waals surface area contributed by atoms with Gasteiger partial charge in [-0.15, -0.1) is 0 Å². The van der Waals surface area contributed by atoms with Gasteiger partial charge in [0.25, 0.3) is 0 Å². The first-order valence-corrected chi connectivity index (χ1v) is 5.33. The SMILES string of the molecule is O=C(Nc1ccccn1)NC1CCCC1. The van der Waals surface area contributed by atoms with Crippen molar-refractivity contribution in [1.82, 2.24) is 10.3 Å². The summed E-state index contributed by atoms with van der Waals surface area (Å²) >= 11 is 0. The lowest BCUT2D eigenvalue weighted by Crippen LogP contribution is -2.36. The molecule has 0 bridgehead atoms. The number of amides is 2. The van der Waals surface area contributed by atoms with E-state index in [9.17, 15) is 4.79 Å². The molecule has 0 aliphatic heterocycles. The molecule has 2 rings (SSSR count). The number of carbonyl (C=O) groups excluding carboxylic acids is 1. The van der Waals surface area contributed by atoms with Gasteiger partial charge in [0.2, 0.25) is 0 Å². The molecule has 4 nitrogen and oxygen atoms in total. The van der Waals surface area contributed by atoms with Crippen molar-refractivity contribution < 1.29 is 4.79 Å². The van der Waals surface area contributed by atoms with Crippen LogP contribution in [0.15, 0.2) is 24.4 Å². The van der Waals surface area contributed by atoms with Crippen molar-refractivity contribution in [1.29, 1.82) is 0 Å². The lowest BCUT2D eigenvalue weighted by atomic mass is 10.2. The Hall–Kier alpha value is -1.58. The van der Waals surface area contributed by atoms with Crippen LogP contribution in [0.4, 0.5) is 10.6 Å². The van der Waals surface area contributed by atoms with Gasteiger partial charge in [-0.1, -0.05) is 18.9 Å². The molecule has 2 amide bonds. The molecular weight excluding hydrogens is 190 g/mol. The van der Waals surface area contributed by atoms with Crippen molar-refractivity contribution in [3.05, 3.63) is 24.4 Å². The molecule has 2 N–H and O–H groups in total. The van der Waals surface area contributed by atoms with Gasteiger partial charge in [0, 0.05) is 12.2 Å². The van der Waals surface area contributed by atoms with Gasteiger partial charge in [-0.05, 0) is 25.0 Å². The van der Waals surface area contributed by atoms with E-state index in [1.165, 1.54) is 12.8 Å². The van der Waals surface area contributed by atoms with Crippen LogP contribution in [-0.4, -0.2) is 17.1 Å². The number of carbonyl (C=O) groups is 1. The summed E-state index contributed by atoms with van der Waals surface area (Å²) in [4.78, 5) is 15.5. The van der Waals surface area contributed by atoms with E-state index in [-0.39, 0.29) is 6.03 Å². The predicted molar refractivity (Wildman–Crippen MR) is 58.6 cm³/mol. The average molecular weight is 205 g/mol. The lowest BCUT2D eigenvalue weighted by molar-refractivity contribution is 0.248. The van der Waals surface area contributed by atoms with Crippen molar-refractivity contribution in [3.63, 3.8) is 0 Å². The number of urea groups is 1. The summed E-state index contributed by atoms with van der Waals surface area (Å²) in [6, 6.07) is 5.63. The summed E-state index contributed by atoms with van der Waals surface area (Å²) in [6.07, 6.45) is 6.28. The van der Waals surface area contributed by atoms with Gasteiger partial charge >= 0.3 is 6.03 Å². The van der Waals surface area contributed by atoms with Gasteiger partial charge in [-0.2, -0.15) is 0 Å². The number of pyridine rings is 1. The third-order valence-electron chi connectivity index (χ3n) is 2.60. The fourth-order valence-corrected chi connectivity index (χ4v) is 1.84. The first-order valence-electron chi connectivity index (χ1n) is 5.33. The molecule has 1 heterocycles. The van der Waals surface area contributed by atoms with E-state index in [1.54, 1.807) is 12.3 Å². The van der Waals surface area contributed by atoms with E-state index in [2.05, 4.69) is 15.6 Å². The minimum Gasteiger partial charge on any atom is -0.335 e. The van der Waals surface area contributed by atoms with Crippen molar-refractivity contribution in [2.24, 2.45) is 0 Å². The molecule has 1 saturated carbocycles. The Morgan fingerprint density at radius 2 is 2.13 bits per heavy atom. The molecule has 1 aliphatic rings. The molecule has 1 aliphatic carbocycles. The van der Waals surface area contributed by atoms with E-state index in [4.69, 9.17) is 0 Å². The second kappa shape index (κ2) is 4.77. The number of anilines is 1. The molecule has 0 radical (unpaired) electrons. The van der Waals surface area contributed by atoms with Crippen LogP contribution in [0.1, 0.15) is 25.7 Å². The molecule has 1 aromatic rings. The van der Waals surface area contributed by atoms with E-state index >= 15 is 0 Å². The van der Waals surface area contributed by atoms with Crippen LogP contribution in [0.25, 0.3) is 0 Å². The molecule has 1 fully saturated rings. The fourth-order valence-electron chi connectivity index (χ4n) is 1.84. The van der Waals surface area contributed by atoms with Crippen LogP contribution in [0.5, 0.6) is 0 Å². The minimum atomic E-state index is -0.152. The van der Waals surface area contributed by atoms with Crippen LogP contribution in [0.2, 0.25) is 0 Å². The monoisotopic (exact) mass is 205 g/mol. The second-order valence-electron chi connectivity index (χ2n) is 3.79. The van der Waals surface area contributed by atoms with Crippen LogP contribution in [-0.2, 0) is 0 Å². The molecule has 80 valence electrons. The Balaban J connectivity index is 1.82. The number of aromatic nitrogens is 1. The van der Waals surface area contributed by atoms with Crippen LogP contribution in [0, 0.1) is 0 Å².